The third-order valence-electron chi connectivity index (χ3n) is 19.3. The van der Waals surface area contributed by atoms with Crippen LogP contribution in [0.25, 0.3) is 0 Å². The lowest BCUT2D eigenvalue weighted by Gasteiger charge is -2.27. The van der Waals surface area contributed by atoms with E-state index in [1.807, 2.05) is 54.6 Å². The summed E-state index contributed by atoms with van der Waals surface area (Å²) in [5.41, 5.74) is 8.60. The van der Waals surface area contributed by atoms with Crippen LogP contribution in [0.4, 0.5) is 11.4 Å². The second kappa shape index (κ2) is 37.5. The zero-order valence-electron chi connectivity index (χ0n) is 58.6. The van der Waals surface area contributed by atoms with E-state index in [4.69, 9.17) is 9.84 Å². The van der Waals surface area contributed by atoms with Gasteiger partial charge in [0.1, 0.15) is 23.8 Å². The molecule has 1 aliphatic carbocycles. The Balaban J connectivity index is 1.03. The summed E-state index contributed by atoms with van der Waals surface area (Å²) in [5, 5.41) is 32.0. The number of carboxylic acids is 3. The van der Waals surface area contributed by atoms with E-state index in [2.05, 4.69) is 91.1 Å². The maximum Gasteiger partial charge on any atom is 0.307 e. The molecule has 0 spiro atoms. The van der Waals surface area contributed by atoms with Crippen molar-refractivity contribution in [2.75, 3.05) is 41.8 Å². The van der Waals surface area contributed by atoms with Crippen LogP contribution in [0.3, 0.4) is 0 Å². The molecule has 0 radical (unpaired) electrons. The molecule has 3 aliphatic rings. The minimum Gasteiger partial charge on any atom is -0.481 e. The molecule has 2 heterocycles. The largest absolute Gasteiger partial charge is 0.481 e. The number of hydrogen-bond acceptors (Lipinski definition) is 13. The molecule has 101 heavy (non-hydrogen) atoms. The smallest absolute Gasteiger partial charge is 0.307 e. The van der Waals surface area contributed by atoms with Gasteiger partial charge in [-0.15, -0.1) is 0 Å². The molecule has 7 N–H and O–H groups in total. The zero-order chi connectivity index (χ0) is 73.5. The van der Waals surface area contributed by atoms with Gasteiger partial charge in [0.25, 0.3) is 20.2 Å². The fraction of sp³-hybridized carbons (Fsp3) is 0.494. The van der Waals surface area contributed by atoms with Crippen molar-refractivity contribution >= 4 is 80.1 Å². The van der Waals surface area contributed by atoms with Gasteiger partial charge in [-0.25, -0.2) is 0 Å². The van der Waals surface area contributed by atoms with Gasteiger partial charge in [0.2, 0.25) is 19.0 Å². The van der Waals surface area contributed by atoms with Gasteiger partial charge in [-0.1, -0.05) is 124 Å². The van der Waals surface area contributed by atoms with Gasteiger partial charge in [-0.2, -0.15) is 21.4 Å². The Kier molecular flexibility index (Phi) is 29.9. The van der Waals surface area contributed by atoms with Crippen molar-refractivity contribution in [1.29, 1.82) is 0 Å². The molecule has 1 unspecified atom stereocenters. The summed E-state index contributed by atoms with van der Waals surface area (Å²) in [6.45, 7) is 9.63. The lowest BCUT2D eigenvalue weighted by molar-refractivity contribution is -0.438. The zero-order valence-corrected chi connectivity index (χ0v) is 61.1. The van der Waals surface area contributed by atoms with E-state index in [9.17, 15) is 74.4 Å². The van der Waals surface area contributed by atoms with Crippen molar-refractivity contribution < 1.29 is 88.8 Å². The molecular formula is C77H101N3O18PS2+. The van der Waals surface area contributed by atoms with Crippen LogP contribution in [0.1, 0.15) is 185 Å². The number of ether oxygens (including phenoxy) is 1. The van der Waals surface area contributed by atoms with Crippen LogP contribution in [0.5, 0.6) is 5.75 Å². The van der Waals surface area contributed by atoms with Crippen molar-refractivity contribution in [2.24, 2.45) is 11.8 Å². The van der Waals surface area contributed by atoms with Crippen molar-refractivity contribution in [3.8, 4) is 5.75 Å². The summed E-state index contributed by atoms with van der Waals surface area (Å²) in [6.07, 6.45) is 15.8. The van der Waals surface area contributed by atoms with Gasteiger partial charge >= 0.3 is 17.9 Å². The fourth-order valence-electron chi connectivity index (χ4n) is 13.8. The lowest BCUT2D eigenvalue weighted by Crippen LogP contribution is -2.43. The van der Waals surface area contributed by atoms with Crippen molar-refractivity contribution in [2.45, 2.75) is 192 Å². The summed E-state index contributed by atoms with van der Waals surface area (Å²) in [6, 6.07) is 31.6. The number of ketones is 2. The first-order valence-electron chi connectivity index (χ1n) is 35.3. The molecule has 548 valence electrons. The van der Waals surface area contributed by atoms with Gasteiger partial charge in [0.15, 0.2) is 11.5 Å². The number of nitrogens with zero attached hydrogens (tertiary/aromatic N) is 2. The molecule has 4 aromatic rings. The normalized spacial score (nSPS) is 17.4. The number of allylic oxidation sites excluding steroid dienone is 7. The molecule has 0 saturated heterocycles. The van der Waals surface area contributed by atoms with Gasteiger partial charge in [-0.05, 0) is 156 Å². The summed E-state index contributed by atoms with van der Waals surface area (Å²) < 4.78 is 87.7. The highest BCUT2D eigenvalue weighted by Gasteiger charge is 2.44. The Morgan fingerprint density at radius 2 is 1.24 bits per heavy atom. The summed E-state index contributed by atoms with van der Waals surface area (Å²) in [7, 11) is -12.1. The number of para-hydroxylation sites is 2. The van der Waals surface area contributed by atoms with E-state index < -0.39 is 86.2 Å². The SMILES string of the molecule is CC1(C)C(=CC=C2CCCC(C=CC3=[N+](CCCCS(=O)(=O)O)c4ccccc4C3(C)C)=C2Oc2ccc(C[C@H](CC(=O)[C@H](Cc3ccccc3)NC(=O)CCCCCCCCC(=O)CC[C@H](CP(=O)(O)CCCCC(=O)O)C(=O)O)C(=O)O)cc2)N(CCCCS(=O)(=O)O)c2ccccc21. The Labute approximate surface area is 594 Å². The Hall–Kier alpha value is -7.66. The molecule has 24 heteroatoms. The Morgan fingerprint density at radius 1 is 0.634 bits per heavy atom. The molecule has 2 aliphatic heterocycles. The molecule has 0 aromatic heterocycles. The Bertz CT molecular complexity index is 4030. The van der Waals surface area contributed by atoms with Crippen LogP contribution < -0.4 is 15.0 Å². The van der Waals surface area contributed by atoms with Crippen LogP contribution >= 0.6 is 7.37 Å². The van der Waals surface area contributed by atoms with Gasteiger partial charge in [-0.3, -0.25) is 42.4 Å². The molecule has 0 fully saturated rings. The molecule has 4 aromatic carbocycles. The van der Waals surface area contributed by atoms with E-state index in [0.717, 1.165) is 76.3 Å². The highest BCUT2D eigenvalue weighted by molar-refractivity contribution is 7.86. The van der Waals surface area contributed by atoms with Crippen molar-refractivity contribution in [3.63, 3.8) is 0 Å². The van der Waals surface area contributed by atoms with E-state index >= 15 is 0 Å². The number of rotatable bonds is 44. The second-order valence-corrected chi connectivity index (χ2v) is 33.7. The predicted molar refractivity (Wildman–Crippen MR) is 391 cm³/mol. The number of unbranched alkanes of at least 4 members (excludes halogenated alkanes) is 8. The minimum atomic E-state index is -4.14. The first-order chi connectivity index (χ1) is 47.8. The highest BCUT2D eigenvalue weighted by Crippen LogP contribution is 2.49. The topological polar surface area (TPSA) is 337 Å². The predicted octanol–water partition coefficient (Wildman–Crippen LogP) is 13.7. The number of anilines is 1. The third-order valence-corrected chi connectivity index (χ3v) is 23.0. The van der Waals surface area contributed by atoms with Crippen LogP contribution in [-0.4, -0.2) is 135 Å². The average Bonchev–Trinajstić information content (AvgIpc) is 1.60. The van der Waals surface area contributed by atoms with Crippen LogP contribution in [0.2, 0.25) is 0 Å². The molecular weight excluding hydrogens is 1350 g/mol. The minimum absolute atomic E-state index is 0.00435. The molecule has 7 rings (SSSR count). The number of carbonyl (C=O) groups excluding carboxylic acids is 3. The van der Waals surface area contributed by atoms with Gasteiger partial charge in [0, 0.05) is 91.9 Å². The first-order valence-corrected chi connectivity index (χ1v) is 40.5. The van der Waals surface area contributed by atoms with Crippen LogP contribution in [0.15, 0.2) is 150 Å². The maximum absolute atomic E-state index is 14.3. The lowest BCUT2D eigenvalue weighted by atomic mass is 9.81. The number of fused-ring (bicyclic) bond motifs is 2. The summed E-state index contributed by atoms with van der Waals surface area (Å²) >= 11 is 0. The Morgan fingerprint density at radius 3 is 1.90 bits per heavy atom. The monoisotopic (exact) mass is 1450 g/mol. The molecule has 0 bridgehead atoms. The third kappa shape index (κ3) is 25.1. The standard InChI is InChI=1S/C77H100N3O18PS2/c1-76(2)63-30-14-16-32-66(63)79(46-19-22-49-100(92,93)94)69(76)44-39-57-27-24-28-58(40-45-70-77(3,4)64-31-15-17-33-67(64)80(70)47-20-23-50-101(95,96)97)73(57)98-62-42-36-56(37-43-62)51-60(75(88)89)53-68(82)65(52-55-25-10-9-11-26-55)78-71(83)34-13-8-6-5-7-12-29-61(81)41-38-59(74(86)87)54-99(90,91)48-21-18-35-72(84)85/h9-11,14-17,25-26,30-33,36-37,39-40,42-45,59-60,65H,5-8,12-13,18-24,27-29,34-35,38,41,46-54H2,1-4H3,(H6-,78,83,84,85,86,87,88,89,90,91,92,93,94,95,96,97)/p+1/t59-,60-,65+/m1/s1. The molecule has 21 nitrogen and oxygen atoms in total. The summed E-state index contributed by atoms with van der Waals surface area (Å²) in [4.78, 5) is 88.7. The van der Waals surface area contributed by atoms with E-state index in [-0.39, 0.29) is 106 Å². The first kappa shape index (κ1) is 80.6. The van der Waals surface area contributed by atoms with Crippen LogP contribution in [-0.2, 0) is 77.2 Å². The second-order valence-electron chi connectivity index (χ2n) is 28.0. The number of carbonyl (C=O) groups is 6. The van der Waals surface area contributed by atoms with Gasteiger partial charge < -0.3 is 35.2 Å². The average molecular weight is 1450 g/mol. The number of amides is 1. The number of benzene rings is 4. The number of Topliss-reactive ketones (excluding diaryl/α,β-unsaturated/α-hetero) is 2. The molecule has 1 amide bonds. The van der Waals surface area contributed by atoms with Gasteiger partial charge in [0.05, 0.1) is 34.8 Å². The van der Waals surface area contributed by atoms with Crippen molar-refractivity contribution in [1.82, 2.24) is 5.32 Å². The van der Waals surface area contributed by atoms with E-state index in [1.165, 1.54) is 0 Å². The number of hydrogen-bond donors (Lipinski definition) is 7. The summed E-state index contributed by atoms with van der Waals surface area (Å²) in [5.74, 6) is -6.23. The van der Waals surface area contributed by atoms with E-state index in [1.54, 1.807) is 24.3 Å². The van der Waals surface area contributed by atoms with Crippen LogP contribution in [0, 0.1) is 11.8 Å². The quantitative estimate of drug-likeness (QED) is 0.00936. The molecule has 4 atom stereocenters. The number of nitrogens with one attached hydrogen (secondary N) is 1. The maximum atomic E-state index is 14.3. The fourth-order valence-corrected chi connectivity index (χ4v) is 16.9. The number of aliphatic carboxylic acids is 3. The molecule has 0 saturated carbocycles. The van der Waals surface area contributed by atoms with Crippen molar-refractivity contribution in [3.05, 3.63) is 172 Å². The highest BCUT2D eigenvalue weighted by atomic mass is 32.2. The number of carboxylic acid groups (broad SMARTS) is 3. The van der Waals surface area contributed by atoms with E-state index in [0.29, 0.717) is 75.1 Å².